The molecule has 0 aromatic heterocycles. The minimum atomic E-state index is -0.181. The largest absolute Gasteiger partial charge is 1.00 e. The van der Waals surface area contributed by atoms with Gasteiger partial charge < -0.3 is 16.5 Å². The molecule has 0 aliphatic carbocycles. The summed E-state index contributed by atoms with van der Waals surface area (Å²) in [7, 11) is 0. The predicted octanol–water partition coefficient (Wildman–Crippen LogP) is -7.32. The van der Waals surface area contributed by atoms with E-state index >= 15 is 0 Å². The van der Waals surface area contributed by atoms with Crippen molar-refractivity contribution < 1.29 is 93.3 Å². The van der Waals surface area contributed by atoms with Gasteiger partial charge in [0.25, 0.3) is 6.47 Å². The molecule has 0 bridgehead atoms. The Bertz CT molecular complexity index is 59.8. The van der Waals surface area contributed by atoms with Gasteiger partial charge in [-0.3, -0.25) is 9.59 Å². The molecule has 0 aromatic rings. The predicted molar refractivity (Wildman–Crippen MR) is 22.3 cm³/mol. The maximum absolute atomic E-state index is 8.70. The first-order chi connectivity index (χ1) is 3.83. The van der Waals surface area contributed by atoms with Crippen molar-refractivity contribution in [1.82, 2.24) is 0 Å². The van der Waals surface area contributed by atoms with Gasteiger partial charge in [-0.25, -0.2) is 5.26 Å². The third-order valence-electron chi connectivity index (χ3n) is 0.0823. The monoisotopic (exact) mass is 174 g/mol. The summed E-state index contributed by atoms with van der Waals surface area (Å²) in [5.74, 6) is 0. The Kier molecular flexibility index (Phi) is 73.5. The van der Waals surface area contributed by atoms with Gasteiger partial charge >= 0.3 is 65.6 Å². The van der Waals surface area contributed by atoms with Crippen LogP contribution in [0.25, 0.3) is 0 Å². The molecule has 0 saturated heterocycles. The van der Waals surface area contributed by atoms with Gasteiger partial charge in [-0.2, -0.15) is 0 Å². The summed E-state index contributed by atoms with van der Waals surface area (Å²) in [6.45, 7) is -0.250. The molecule has 0 heterocycles. The van der Waals surface area contributed by atoms with E-state index in [2.05, 4.69) is 9.78 Å². The Morgan fingerprint density at radius 1 is 1.40 bits per heavy atom. The summed E-state index contributed by atoms with van der Waals surface area (Å²) >= 11 is 0. The minimum absolute atomic E-state index is 0. The average molecular weight is 174 g/mol. The van der Waals surface area contributed by atoms with Gasteiger partial charge in [0, 0.05) is 2.85 Å². The normalized spacial score (nSPS) is 4.20. The zero-order valence-corrected chi connectivity index (χ0v) is 9.64. The van der Waals surface area contributed by atoms with Crippen LogP contribution in [0.1, 0.15) is 4.28 Å². The summed E-state index contributed by atoms with van der Waals surface area (Å²) in [6, 6.07) is 0. The fourth-order valence-electron chi connectivity index (χ4n) is 0. The first-order valence-corrected chi connectivity index (χ1v) is 1.29. The molecule has 0 aliphatic rings. The summed E-state index contributed by atoms with van der Waals surface area (Å²) < 4.78 is 0. The molecule has 1 N–H and O–H groups in total. The number of carbonyl (C=O) groups excluding carboxylic acids is 2. The van der Waals surface area contributed by atoms with Crippen molar-refractivity contribution in [2.24, 2.45) is 0 Å². The Balaban J connectivity index is -0.00000000800. The van der Waals surface area contributed by atoms with Gasteiger partial charge in [0.2, 0.25) is 0 Å². The van der Waals surface area contributed by atoms with E-state index in [4.69, 9.17) is 20.1 Å². The van der Waals surface area contributed by atoms with Crippen molar-refractivity contribution in [3.8, 4) is 0 Å². The summed E-state index contributed by atoms with van der Waals surface area (Å²) in [4.78, 5) is 22.8. The third-order valence-corrected chi connectivity index (χ3v) is 0.0823. The van der Waals surface area contributed by atoms with Crippen molar-refractivity contribution in [2.75, 3.05) is 0 Å². The molecule has 0 aromatic carbocycles. The molecule has 0 rings (SSSR count). The summed E-state index contributed by atoms with van der Waals surface area (Å²) in [5, 5.41) is 15.4. The van der Waals surface area contributed by atoms with Crippen LogP contribution >= 0.6 is 0 Å². The van der Waals surface area contributed by atoms with Crippen LogP contribution in [0.15, 0.2) is 0 Å². The van der Waals surface area contributed by atoms with Crippen LogP contribution in [0.4, 0.5) is 0 Å². The van der Waals surface area contributed by atoms with Gasteiger partial charge in [0.1, 0.15) is 0 Å². The molecular weight excluding hydrogens is 166 g/mol. The topological polar surface area (TPSA) is 95.9 Å². The van der Waals surface area contributed by atoms with Crippen LogP contribution in [-0.4, -0.2) is 18.2 Å². The van der Waals surface area contributed by atoms with E-state index in [1.54, 1.807) is 0 Å². The van der Waals surface area contributed by atoms with Crippen LogP contribution in [0.3, 0.4) is 0 Å². The van der Waals surface area contributed by atoms with Crippen LogP contribution in [0.5, 0.6) is 0 Å². The second-order valence-electron chi connectivity index (χ2n) is 0.394. The Hall–Kier alpha value is 0.860. The molecule has 10 heavy (non-hydrogen) atoms. The van der Waals surface area contributed by atoms with Gasteiger partial charge in [0.15, 0.2) is 0 Å². The molecule has 8 heteroatoms. The molecule has 0 atom stereocenters. The van der Waals surface area contributed by atoms with Crippen LogP contribution in [0.2, 0.25) is 0 Å². The quantitative estimate of drug-likeness (QED) is 0.193. The van der Waals surface area contributed by atoms with E-state index in [-0.39, 0.29) is 76.3 Å². The molecule has 0 spiro atoms. The van der Waals surface area contributed by atoms with Crippen LogP contribution in [0, 0.1) is 0 Å². The zero-order valence-electron chi connectivity index (χ0n) is 6.64. The molecular formula is C2H8Na2O6. The first-order valence-electron chi connectivity index (χ1n) is 1.29. The Morgan fingerprint density at radius 2 is 1.60 bits per heavy atom. The van der Waals surface area contributed by atoms with E-state index in [0.717, 1.165) is 0 Å². The van der Waals surface area contributed by atoms with Gasteiger partial charge in [-0.15, -0.1) is 0 Å². The number of rotatable bonds is 2. The smallest absolute Gasteiger partial charge is 1.00 e. The van der Waals surface area contributed by atoms with E-state index in [1.807, 2.05) is 0 Å². The Labute approximate surface area is 105 Å². The summed E-state index contributed by atoms with van der Waals surface area (Å²) in [5.41, 5.74) is 0. The number of carbonyl (C=O) groups is 2. The number of hydrogen-bond donors (Lipinski definition) is 1. The first kappa shape index (κ1) is 22.4. The second-order valence-corrected chi connectivity index (χ2v) is 0.394. The average Bonchev–Trinajstić information content (AvgIpc) is 1.88. The van der Waals surface area contributed by atoms with Crippen molar-refractivity contribution in [1.29, 1.82) is 0 Å². The van der Waals surface area contributed by atoms with Gasteiger partial charge in [0.05, 0.1) is 0 Å². The molecule has 0 saturated carbocycles. The maximum atomic E-state index is 8.70. The molecule has 54 valence electrons. The fraction of sp³-hybridized carbons (Fsp3) is 0. The maximum Gasteiger partial charge on any atom is 1.00 e. The molecule has 0 unspecified atom stereocenters. The standard InChI is InChI=1S/2CH2O3.2Na.2H2.H/c2*2-1-4-3;;;;;/h2*1,3H;;;2*1H;/q;;2*+1;;;-1/p-1. The molecule has 0 fully saturated rings. The SMILES string of the molecule is O=COO.O=CO[O-].[H-].[HH].[HH].[Na+].[Na+]. The molecule has 6 nitrogen and oxygen atoms in total. The van der Waals surface area contributed by atoms with Crippen LogP contribution in [-0.2, 0) is 19.4 Å². The Morgan fingerprint density at radius 3 is 1.60 bits per heavy atom. The van der Waals surface area contributed by atoms with Crippen molar-refractivity contribution in [3.05, 3.63) is 0 Å². The number of hydrogen-bond acceptors (Lipinski definition) is 6. The van der Waals surface area contributed by atoms with E-state index in [0.29, 0.717) is 0 Å². The minimum Gasteiger partial charge on any atom is -1.00 e. The van der Waals surface area contributed by atoms with Crippen LogP contribution < -0.4 is 64.4 Å². The van der Waals surface area contributed by atoms with Gasteiger partial charge in [-0.1, -0.05) is 0 Å². The summed E-state index contributed by atoms with van der Waals surface area (Å²) in [6.07, 6.45) is 0. The van der Waals surface area contributed by atoms with Crippen molar-refractivity contribution in [3.63, 3.8) is 0 Å². The molecule has 0 aliphatic heterocycles. The van der Waals surface area contributed by atoms with E-state index in [1.165, 1.54) is 0 Å². The van der Waals surface area contributed by atoms with Crippen molar-refractivity contribution >= 4 is 12.9 Å². The molecule has 0 radical (unpaired) electrons. The zero-order chi connectivity index (χ0) is 6.83. The fourth-order valence-corrected chi connectivity index (χ4v) is 0. The second kappa shape index (κ2) is 32.8. The molecule has 0 amide bonds. The van der Waals surface area contributed by atoms with E-state index < -0.39 is 0 Å². The van der Waals surface area contributed by atoms with Gasteiger partial charge in [-0.05, 0) is 0 Å². The third kappa shape index (κ3) is 66.9. The van der Waals surface area contributed by atoms with E-state index in [9.17, 15) is 0 Å². The van der Waals surface area contributed by atoms with Crippen molar-refractivity contribution in [2.45, 2.75) is 0 Å².